The van der Waals surface area contributed by atoms with E-state index in [1.54, 1.807) is 0 Å². The standard InChI is InChI=1S/C35H23N2PS/c39-38(25-12-3-1-4-13-25,26-14-5-2-6-15-26)27-20-22-29-30-21-19-24-11-7-8-16-28(24)34(30)35-36-31-17-9-10-18-32(31)37(35)33(29)23-27/h1-23H. The summed E-state index contributed by atoms with van der Waals surface area (Å²) in [4.78, 5) is 5.20. The number of hydrogen-bond donors (Lipinski definition) is 0. The minimum absolute atomic E-state index is 0.986. The highest BCUT2D eigenvalue weighted by Crippen LogP contribution is 2.44. The molecule has 0 aliphatic carbocycles. The Labute approximate surface area is 231 Å². The van der Waals surface area contributed by atoms with Gasteiger partial charge in [-0.05, 0) is 50.3 Å². The molecule has 0 saturated heterocycles. The third-order valence-corrected chi connectivity index (χ3v) is 12.8. The van der Waals surface area contributed by atoms with Crippen LogP contribution in [0, 0.1) is 0 Å². The van der Waals surface area contributed by atoms with E-state index in [0.29, 0.717) is 0 Å². The largest absolute Gasteiger partial charge is 0.292 e. The molecule has 0 aliphatic heterocycles. The molecule has 184 valence electrons. The molecule has 0 amide bonds. The number of imidazole rings is 1. The second-order valence-electron chi connectivity index (χ2n) is 9.95. The Bertz CT molecular complexity index is 2210. The Morgan fingerprint density at radius 3 is 1.92 bits per heavy atom. The van der Waals surface area contributed by atoms with Gasteiger partial charge in [0.25, 0.3) is 0 Å². The molecule has 0 N–H and O–H groups in total. The van der Waals surface area contributed by atoms with Gasteiger partial charge in [0.15, 0.2) is 0 Å². The van der Waals surface area contributed by atoms with Gasteiger partial charge in [0.2, 0.25) is 0 Å². The van der Waals surface area contributed by atoms with E-state index in [-0.39, 0.29) is 0 Å². The minimum Gasteiger partial charge on any atom is -0.292 e. The van der Waals surface area contributed by atoms with Crippen LogP contribution in [0.1, 0.15) is 0 Å². The van der Waals surface area contributed by atoms with Gasteiger partial charge in [-0.15, -0.1) is 0 Å². The summed E-state index contributed by atoms with van der Waals surface area (Å²) < 4.78 is 2.35. The van der Waals surface area contributed by atoms with Gasteiger partial charge in [0, 0.05) is 16.8 Å². The van der Waals surface area contributed by atoms with Crippen LogP contribution in [0.25, 0.3) is 49.1 Å². The molecular weight excluding hydrogens is 511 g/mol. The fourth-order valence-corrected chi connectivity index (χ4v) is 9.76. The average Bonchev–Trinajstić information content (AvgIpc) is 3.41. The second-order valence-corrected chi connectivity index (χ2v) is 14.4. The summed E-state index contributed by atoms with van der Waals surface area (Å²) >= 11 is 6.71. The molecular formula is C35H23N2PS. The molecule has 0 bridgehead atoms. The molecule has 4 heteroatoms. The van der Waals surface area contributed by atoms with E-state index in [4.69, 9.17) is 16.8 Å². The summed E-state index contributed by atoms with van der Waals surface area (Å²) in [5.74, 6) is 0. The first kappa shape index (κ1) is 22.7. The number of fused-ring (bicyclic) bond motifs is 10. The van der Waals surface area contributed by atoms with Crippen LogP contribution in [-0.2, 0) is 11.8 Å². The molecule has 0 fully saturated rings. The van der Waals surface area contributed by atoms with Crippen LogP contribution >= 0.6 is 6.04 Å². The smallest absolute Gasteiger partial charge is 0.147 e. The van der Waals surface area contributed by atoms with Crippen molar-refractivity contribution in [1.29, 1.82) is 0 Å². The van der Waals surface area contributed by atoms with Gasteiger partial charge in [-0.1, -0.05) is 133 Å². The lowest BCUT2D eigenvalue weighted by atomic mass is 9.99. The number of aromatic nitrogens is 2. The summed E-state index contributed by atoms with van der Waals surface area (Å²) in [7, 11) is 0. The predicted octanol–water partition coefficient (Wildman–Crippen LogP) is 7.70. The molecule has 0 spiro atoms. The van der Waals surface area contributed by atoms with Crippen molar-refractivity contribution in [2.24, 2.45) is 0 Å². The molecule has 8 aromatic rings. The maximum absolute atomic E-state index is 6.71. The quantitative estimate of drug-likeness (QED) is 0.171. The number of rotatable bonds is 3. The highest BCUT2D eigenvalue weighted by molar-refractivity contribution is 8.25. The number of benzene rings is 6. The summed E-state index contributed by atoms with van der Waals surface area (Å²) in [5.41, 5.74) is 4.23. The van der Waals surface area contributed by atoms with Gasteiger partial charge in [-0.25, -0.2) is 4.98 Å². The van der Waals surface area contributed by atoms with Gasteiger partial charge in [0.1, 0.15) is 5.65 Å². The third kappa shape index (κ3) is 3.27. The molecule has 0 saturated carbocycles. The van der Waals surface area contributed by atoms with E-state index in [0.717, 1.165) is 22.2 Å². The van der Waals surface area contributed by atoms with E-state index < -0.39 is 6.04 Å². The zero-order chi connectivity index (χ0) is 26.0. The normalized spacial score (nSPS) is 12.2. The topological polar surface area (TPSA) is 17.3 Å². The third-order valence-electron chi connectivity index (χ3n) is 7.83. The Hall–Kier alpha value is -4.30. The Kier molecular flexibility index (Phi) is 5.00. The Morgan fingerprint density at radius 2 is 1.15 bits per heavy atom. The number of para-hydroxylation sites is 2. The highest BCUT2D eigenvalue weighted by atomic mass is 32.4. The molecule has 0 atom stereocenters. The first-order chi connectivity index (χ1) is 19.2. The maximum atomic E-state index is 6.71. The van der Waals surface area contributed by atoms with Gasteiger partial charge >= 0.3 is 0 Å². The highest BCUT2D eigenvalue weighted by Gasteiger charge is 2.26. The molecule has 2 heterocycles. The fraction of sp³-hybridized carbons (Fsp3) is 0. The lowest BCUT2D eigenvalue weighted by Crippen LogP contribution is -2.24. The van der Waals surface area contributed by atoms with Crippen molar-refractivity contribution >= 4 is 82.9 Å². The van der Waals surface area contributed by atoms with Crippen molar-refractivity contribution in [1.82, 2.24) is 9.38 Å². The summed E-state index contributed by atoms with van der Waals surface area (Å²) in [6, 6.07) is 47.4. The van der Waals surface area contributed by atoms with Crippen LogP contribution in [0.3, 0.4) is 0 Å². The van der Waals surface area contributed by atoms with Crippen molar-refractivity contribution < 1.29 is 0 Å². The van der Waals surface area contributed by atoms with Crippen LogP contribution in [0.5, 0.6) is 0 Å². The van der Waals surface area contributed by atoms with Gasteiger partial charge in [-0.3, -0.25) is 4.40 Å². The minimum atomic E-state index is -2.30. The molecule has 0 aliphatic rings. The summed E-state index contributed by atoms with van der Waals surface area (Å²) in [6.07, 6.45) is 0. The van der Waals surface area contributed by atoms with Gasteiger partial charge in [-0.2, -0.15) is 0 Å². The predicted molar refractivity (Wildman–Crippen MR) is 171 cm³/mol. The Morgan fingerprint density at radius 1 is 0.513 bits per heavy atom. The van der Waals surface area contributed by atoms with E-state index in [2.05, 4.69) is 144 Å². The van der Waals surface area contributed by atoms with Gasteiger partial charge in [0.05, 0.1) is 16.6 Å². The average molecular weight is 535 g/mol. The molecule has 2 aromatic heterocycles. The first-order valence-electron chi connectivity index (χ1n) is 13.1. The number of hydrogen-bond acceptors (Lipinski definition) is 2. The van der Waals surface area contributed by atoms with Gasteiger partial charge < -0.3 is 0 Å². The van der Waals surface area contributed by atoms with Crippen molar-refractivity contribution in [2.75, 3.05) is 0 Å². The molecule has 0 unspecified atom stereocenters. The number of pyridine rings is 1. The Balaban J connectivity index is 1.56. The second kappa shape index (κ2) is 8.61. The first-order valence-corrected chi connectivity index (χ1v) is 15.9. The van der Waals surface area contributed by atoms with Crippen LogP contribution in [0.4, 0.5) is 0 Å². The van der Waals surface area contributed by atoms with Crippen molar-refractivity contribution in [2.45, 2.75) is 0 Å². The van der Waals surface area contributed by atoms with Crippen molar-refractivity contribution in [3.8, 4) is 0 Å². The van der Waals surface area contributed by atoms with E-state index >= 15 is 0 Å². The van der Waals surface area contributed by atoms with Crippen LogP contribution in [0.2, 0.25) is 0 Å². The molecule has 2 nitrogen and oxygen atoms in total. The van der Waals surface area contributed by atoms with Crippen LogP contribution in [0.15, 0.2) is 140 Å². The van der Waals surface area contributed by atoms with Crippen molar-refractivity contribution in [3.05, 3.63) is 140 Å². The summed E-state index contributed by atoms with van der Waals surface area (Å²) in [5, 5.41) is 9.63. The van der Waals surface area contributed by atoms with Crippen LogP contribution in [-0.4, -0.2) is 9.38 Å². The molecule has 0 radical (unpaired) electrons. The lowest BCUT2D eigenvalue weighted by Gasteiger charge is -2.25. The van der Waals surface area contributed by atoms with E-state index in [9.17, 15) is 0 Å². The summed E-state index contributed by atoms with van der Waals surface area (Å²) in [6.45, 7) is 0. The maximum Gasteiger partial charge on any atom is 0.147 e. The molecule has 6 aromatic carbocycles. The monoisotopic (exact) mass is 534 g/mol. The van der Waals surface area contributed by atoms with Crippen molar-refractivity contribution in [3.63, 3.8) is 0 Å². The molecule has 8 rings (SSSR count). The zero-order valence-corrected chi connectivity index (χ0v) is 22.7. The fourth-order valence-electron chi connectivity index (χ4n) is 6.03. The lowest BCUT2D eigenvalue weighted by molar-refractivity contribution is 1.32. The zero-order valence-electron chi connectivity index (χ0n) is 21.0. The van der Waals surface area contributed by atoms with E-state index in [1.807, 2.05) is 0 Å². The van der Waals surface area contributed by atoms with E-state index in [1.165, 1.54) is 42.8 Å². The number of nitrogens with zero attached hydrogens (tertiary/aromatic N) is 2. The SMILES string of the molecule is S=P(c1ccccc1)(c1ccccc1)c1ccc2c3ccc4ccccc4c3c3nc4ccccc4n3c2c1. The molecule has 39 heavy (non-hydrogen) atoms. The van der Waals surface area contributed by atoms with Crippen LogP contribution < -0.4 is 15.9 Å².